The Morgan fingerprint density at radius 1 is 1.33 bits per heavy atom. The molecule has 1 aliphatic heterocycles. The van der Waals surface area contributed by atoms with E-state index in [0.29, 0.717) is 6.54 Å². The fraction of sp³-hybridized carbons (Fsp3) is 1.00. The minimum Gasteiger partial charge on any atom is -0.364 e. The lowest BCUT2D eigenvalue weighted by molar-refractivity contribution is -0.212. The van der Waals surface area contributed by atoms with E-state index in [1.54, 1.807) is 0 Å². The summed E-state index contributed by atoms with van der Waals surface area (Å²) in [5.41, 5.74) is -0.111. The molecule has 1 saturated heterocycles. The summed E-state index contributed by atoms with van der Waals surface area (Å²) < 4.78 is 26.1. The third-order valence-electron chi connectivity index (χ3n) is 5.14. The van der Waals surface area contributed by atoms with Crippen LogP contribution in [0.25, 0.3) is 0 Å². The molecule has 3 fully saturated rings. The molecule has 18 heavy (non-hydrogen) atoms. The average Bonchev–Trinajstić information content (AvgIpc) is 3.06. The molecule has 3 atom stereocenters. The van der Waals surface area contributed by atoms with Crippen LogP contribution < -0.4 is 0 Å². The third-order valence-corrected chi connectivity index (χ3v) is 6.66. The van der Waals surface area contributed by atoms with Crippen molar-refractivity contribution in [1.29, 1.82) is 0 Å². The van der Waals surface area contributed by atoms with Crippen molar-refractivity contribution in [1.82, 2.24) is 4.90 Å². The molecule has 0 aromatic rings. The van der Waals surface area contributed by atoms with Crippen molar-refractivity contribution in [3.63, 3.8) is 0 Å². The molecule has 1 heterocycles. The first-order valence-corrected chi connectivity index (χ1v) is 7.07. The fourth-order valence-electron chi connectivity index (χ4n) is 3.60. The highest BCUT2D eigenvalue weighted by Crippen LogP contribution is 2.68. The highest BCUT2D eigenvalue weighted by molar-refractivity contribution is 7.19. The zero-order valence-electron chi connectivity index (χ0n) is 10.5. The minimum absolute atomic E-state index is 0.0647. The Morgan fingerprint density at radius 3 is 2.28 bits per heavy atom. The minimum atomic E-state index is -2.55. The van der Waals surface area contributed by atoms with Gasteiger partial charge in [0.15, 0.2) is 5.79 Å². The zero-order chi connectivity index (χ0) is 13.4. The van der Waals surface area contributed by atoms with Gasteiger partial charge in [0.25, 0.3) is 5.92 Å². The Hall–Kier alpha value is 0.170. The number of aliphatic hydroxyl groups is 2. The Kier molecular flexibility index (Phi) is 2.51. The molecule has 3 rings (SSSR count). The van der Waals surface area contributed by atoms with Gasteiger partial charge in [0.05, 0.1) is 5.28 Å². The lowest BCUT2D eigenvalue weighted by Gasteiger charge is -2.46. The molecule has 0 radical (unpaired) electrons. The van der Waals surface area contributed by atoms with Gasteiger partial charge in [0.1, 0.15) is 0 Å². The summed E-state index contributed by atoms with van der Waals surface area (Å²) >= 11 is 0. The Morgan fingerprint density at radius 2 is 1.89 bits per heavy atom. The lowest BCUT2D eigenvalue weighted by atomic mass is 9.89. The molecule has 2 N–H and O–H groups in total. The van der Waals surface area contributed by atoms with E-state index in [2.05, 4.69) is 9.24 Å². The van der Waals surface area contributed by atoms with Crippen LogP contribution in [0.4, 0.5) is 8.78 Å². The average molecular weight is 279 g/mol. The maximum absolute atomic E-state index is 13.0. The van der Waals surface area contributed by atoms with E-state index in [9.17, 15) is 19.0 Å². The predicted molar refractivity (Wildman–Crippen MR) is 66.2 cm³/mol. The van der Waals surface area contributed by atoms with E-state index in [1.165, 1.54) is 6.92 Å². The summed E-state index contributed by atoms with van der Waals surface area (Å²) in [6.07, 6.45) is 2.70. The van der Waals surface area contributed by atoms with E-state index in [-0.39, 0.29) is 18.4 Å². The fourth-order valence-corrected chi connectivity index (χ4v) is 4.27. The van der Waals surface area contributed by atoms with Gasteiger partial charge >= 0.3 is 0 Å². The van der Waals surface area contributed by atoms with Crippen LogP contribution in [-0.4, -0.2) is 45.2 Å². The molecule has 3 nitrogen and oxygen atoms in total. The maximum atomic E-state index is 13.0. The second-order valence-corrected chi connectivity index (χ2v) is 7.26. The summed E-state index contributed by atoms with van der Waals surface area (Å²) in [7, 11) is 2.57. The Labute approximate surface area is 108 Å². The number of hydrogen-bond acceptors (Lipinski definition) is 3. The van der Waals surface area contributed by atoms with Gasteiger partial charge in [-0.25, -0.2) is 8.78 Å². The largest absolute Gasteiger partial charge is 0.364 e. The summed E-state index contributed by atoms with van der Waals surface area (Å²) in [6, 6.07) is 0. The van der Waals surface area contributed by atoms with Crippen LogP contribution in [0.3, 0.4) is 0 Å². The van der Waals surface area contributed by atoms with Crippen molar-refractivity contribution in [2.75, 3.05) is 13.1 Å². The van der Waals surface area contributed by atoms with Crippen LogP contribution in [0.5, 0.6) is 0 Å². The van der Waals surface area contributed by atoms with Gasteiger partial charge in [0.2, 0.25) is 0 Å². The summed E-state index contributed by atoms with van der Waals surface area (Å²) in [5.74, 6) is -5.05. The lowest BCUT2D eigenvalue weighted by Crippen LogP contribution is -2.60. The molecule has 0 amide bonds. The molecule has 2 saturated carbocycles. The molecule has 104 valence electrons. The second kappa shape index (κ2) is 3.43. The van der Waals surface area contributed by atoms with Crippen molar-refractivity contribution in [2.45, 2.75) is 49.6 Å². The van der Waals surface area contributed by atoms with Crippen LogP contribution in [0, 0.1) is 11.3 Å². The van der Waals surface area contributed by atoms with Crippen molar-refractivity contribution in [2.24, 2.45) is 11.3 Å². The van der Waals surface area contributed by atoms with E-state index < -0.39 is 22.9 Å². The SMILES string of the molecule is CC(O)(O)[C@]1(P)N(CC2CC2(F)F)CCC12CC2. The van der Waals surface area contributed by atoms with Crippen LogP contribution in [-0.2, 0) is 0 Å². The Bertz CT molecular complexity index is 381. The highest BCUT2D eigenvalue weighted by Gasteiger charge is 2.71. The molecule has 0 aromatic heterocycles. The van der Waals surface area contributed by atoms with E-state index >= 15 is 0 Å². The van der Waals surface area contributed by atoms with Gasteiger partial charge in [-0.1, -0.05) is 0 Å². The number of nitrogens with zero attached hydrogens (tertiary/aromatic N) is 1. The molecular weight excluding hydrogens is 259 g/mol. The molecule has 6 heteroatoms. The topological polar surface area (TPSA) is 43.7 Å². The molecule has 1 spiro atoms. The third kappa shape index (κ3) is 1.60. The van der Waals surface area contributed by atoms with Crippen molar-refractivity contribution >= 4 is 9.24 Å². The first-order valence-electron chi connectivity index (χ1n) is 6.49. The number of likely N-dealkylation sites (tertiary alicyclic amines) is 1. The van der Waals surface area contributed by atoms with E-state index in [4.69, 9.17) is 0 Å². The zero-order valence-corrected chi connectivity index (χ0v) is 11.6. The number of rotatable bonds is 3. The summed E-state index contributed by atoms with van der Waals surface area (Å²) in [6.45, 7) is 2.30. The van der Waals surface area contributed by atoms with Gasteiger partial charge in [-0.3, -0.25) is 4.90 Å². The van der Waals surface area contributed by atoms with Gasteiger partial charge in [-0.15, -0.1) is 9.24 Å². The molecule has 3 aliphatic rings. The predicted octanol–water partition coefficient (Wildman–Crippen LogP) is 1.40. The van der Waals surface area contributed by atoms with Gasteiger partial charge < -0.3 is 10.2 Å². The number of halogens is 2. The van der Waals surface area contributed by atoms with Gasteiger partial charge in [-0.05, 0) is 38.1 Å². The van der Waals surface area contributed by atoms with Crippen molar-refractivity contribution in [3.8, 4) is 0 Å². The van der Waals surface area contributed by atoms with Crippen molar-refractivity contribution < 1.29 is 19.0 Å². The van der Waals surface area contributed by atoms with Gasteiger partial charge in [-0.2, -0.15) is 0 Å². The van der Waals surface area contributed by atoms with Crippen LogP contribution in [0.15, 0.2) is 0 Å². The number of hydrogen-bond donors (Lipinski definition) is 2. The first-order chi connectivity index (χ1) is 8.12. The molecule has 0 bridgehead atoms. The molecule has 2 unspecified atom stereocenters. The smallest absolute Gasteiger partial charge is 0.252 e. The normalized spacial score (nSPS) is 41.3. The Balaban J connectivity index is 1.82. The quantitative estimate of drug-likeness (QED) is 0.606. The maximum Gasteiger partial charge on any atom is 0.252 e. The van der Waals surface area contributed by atoms with Crippen LogP contribution in [0.2, 0.25) is 0 Å². The summed E-state index contributed by atoms with van der Waals surface area (Å²) in [4.78, 5) is 1.86. The molecule has 0 aromatic carbocycles. The first kappa shape index (κ1) is 13.2. The standard InChI is InChI=1S/C12H20F2NO2P/c1-9(16,17)12(18)10(2-3-10)4-5-15(12)7-8-6-11(8,13)14/h8,16-17H,2-7,18H2,1H3/t8?,12-/m1/s1. The molecule has 2 aliphatic carbocycles. The summed E-state index contributed by atoms with van der Waals surface area (Å²) in [5, 5.41) is 19.3. The second-order valence-electron chi connectivity index (χ2n) is 6.43. The highest BCUT2D eigenvalue weighted by atomic mass is 31.0. The van der Waals surface area contributed by atoms with Crippen LogP contribution >= 0.6 is 9.24 Å². The molecular formula is C12H20F2NO2P. The monoisotopic (exact) mass is 279 g/mol. The number of alkyl halides is 2. The van der Waals surface area contributed by atoms with Gasteiger partial charge in [0, 0.05) is 18.9 Å². The van der Waals surface area contributed by atoms with E-state index in [1.807, 2.05) is 4.90 Å². The van der Waals surface area contributed by atoms with Crippen LogP contribution in [0.1, 0.15) is 32.6 Å². The van der Waals surface area contributed by atoms with Crippen molar-refractivity contribution in [3.05, 3.63) is 0 Å². The van der Waals surface area contributed by atoms with E-state index in [0.717, 1.165) is 19.3 Å².